The van der Waals surface area contributed by atoms with E-state index in [4.69, 9.17) is 9.47 Å². The Labute approximate surface area is 118 Å². The first kappa shape index (κ1) is 14.3. The van der Waals surface area contributed by atoms with E-state index in [1.54, 1.807) is 13.1 Å². The van der Waals surface area contributed by atoms with E-state index in [0.29, 0.717) is 18.8 Å². The number of hydrogen-bond acceptors (Lipinski definition) is 4. The first-order valence-corrected chi connectivity index (χ1v) is 6.93. The van der Waals surface area contributed by atoms with Gasteiger partial charge in [-0.1, -0.05) is 31.5 Å². The number of rotatable bonds is 6. The molecule has 0 aliphatic carbocycles. The SMILES string of the molecule is CCCC(Oc1cccc2cccnc12)C(=O)OCC. The van der Waals surface area contributed by atoms with Gasteiger partial charge in [-0.25, -0.2) is 4.79 Å². The summed E-state index contributed by atoms with van der Waals surface area (Å²) in [6.45, 7) is 4.16. The molecule has 0 amide bonds. The van der Waals surface area contributed by atoms with E-state index >= 15 is 0 Å². The number of carbonyl (C=O) groups excluding carboxylic acids is 1. The molecule has 0 aliphatic heterocycles. The number of nitrogens with zero attached hydrogens (tertiary/aromatic N) is 1. The molecular weight excluding hydrogens is 254 g/mol. The fraction of sp³-hybridized carbons (Fsp3) is 0.375. The van der Waals surface area contributed by atoms with Gasteiger partial charge >= 0.3 is 5.97 Å². The normalized spacial score (nSPS) is 12.1. The minimum absolute atomic E-state index is 0.317. The van der Waals surface area contributed by atoms with Gasteiger partial charge in [-0.2, -0.15) is 0 Å². The van der Waals surface area contributed by atoms with Crippen LogP contribution in [0.5, 0.6) is 5.75 Å². The van der Waals surface area contributed by atoms with Crippen molar-refractivity contribution in [2.24, 2.45) is 0 Å². The number of ether oxygens (including phenoxy) is 2. The number of fused-ring (bicyclic) bond motifs is 1. The fourth-order valence-electron chi connectivity index (χ4n) is 2.05. The fourth-order valence-corrected chi connectivity index (χ4v) is 2.05. The standard InChI is InChI=1S/C16H19NO3/c1-3-7-14(16(18)19-4-2)20-13-10-5-8-12-9-6-11-17-15(12)13/h5-6,8-11,14H,3-4,7H2,1-2H3. The van der Waals surface area contributed by atoms with Crippen LogP contribution in [0.2, 0.25) is 0 Å². The van der Waals surface area contributed by atoms with Crippen LogP contribution in [-0.4, -0.2) is 23.7 Å². The van der Waals surface area contributed by atoms with E-state index in [1.165, 1.54) is 0 Å². The number of hydrogen-bond donors (Lipinski definition) is 0. The molecule has 0 aliphatic rings. The van der Waals surface area contributed by atoms with Gasteiger partial charge < -0.3 is 9.47 Å². The molecule has 106 valence electrons. The van der Waals surface area contributed by atoms with Crippen molar-refractivity contribution in [2.45, 2.75) is 32.8 Å². The van der Waals surface area contributed by atoms with Crippen LogP contribution in [-0.2, 0) is 9.53 Å². The van der Waals surface area contributed by atoms with Crippen LogP contribution < -0.4 is 4.74 Å². The van der Waals surface area contributed by atoms with E-state index in [2.05, 4.69) is 4.98 Å². The minimum Gasteiger partial charge on any atom is -0.476 e. The van der Waals surface area contributed by atoms with Crippen molar-refractivity contribution in [3.8, 4) is 5.75 Å². The van der Waals surface area contributed by atoms with Gasteiger partial charge in [0.15, 0.2) is 6.10 Å². The van der Waals surface area contributed by atoms with Crippen LogP contribution in [0.3, 0.4) is 0 Å². The first-order valence-electron chi connectivity index (χ1n) is 6.93. The van der Waals surface area contributed by atoms with Crippen molar-refractivity contribution in [1.29, 1.82) is 0 Å². The molecule has 0 saturated carbocycles. The quantitative estimate of drug-likeness (QED) is 0.757. The largest absolute Gasteiger partial charge is 0.476 e. The molecule has 0 fully saturated rings. The van der Waals surface area contributed by atoms with E-state index in [1.807, 2.05) is 37.3 Å². The van der Waals surface area contributed by atoms with Gasteiger partial charge in [0.25, 0.3) is 0 Å². The maximum absolute atomic E-state index is 11.9. The summed E-state index contributed by atoms with van der Waals surface area (Å²) in [5, 5.41) is 0.990. The third-order valence-corrected chi connectivity index (χ3v) is 2.97. The Kier molecular flexibility index (Phi) is 4.93. The van der Waals surface area contributed by atoms with Gasteiger partial charge in [0.1, 0.15) is 11.3 Å². The van der Waals surface area contributed by atoms with Crippen molar-refractivity contribution in [1.82, 2.24) is 4.98 Å². The molecule has 1 unspecified atom stereocenters. The van der Waals surface area contributed by atoms with Gasteiger partial charge in [-0.05, 0) is 25.5 Å². The van der Waals surface area contributed by atoms with Crippen molar-refractivity contribution in [3.05, 3.63) is 36.5 Å². The average Bonchev–Trinajstić information content (AvgIpc) is 2.47. The number of esters is 1. The smallest absolute Gasteiger partial charge is 0.347 e. The molecule has 4 heteroatoms. The predicted octanol–water partition coefficient (Wildman–Crippen LogP) is 3.35. The van der Waals surface area contributed by atoms with Gasteiger partial charge in [0.05, 0.1) is 6.61 Å². The second kappa shape index (κ2) is 6.89. The summed E-state index contributed by atoms with van der Waals surface area (Å²) >= 11 is 0. The lowest BCUT2D eigenvalue weighted by Gasteiger charge is -2.17. The highest BCUT2D eigenvalue weighted by atomic mass is 16.6. The molecule has 0 bridgehead atoms. The second-order valence-electron chi connectivity index (χ2n) is 4.48. The molecule has 0 spiro atoms. The number of para-hydroxylation sites is 1. The van der Waals surface area contributed by atoms with Crippen LogP contribution in [0.15, 0.2) is 36.5 Å². The summed E-state index contributed by atoms with van der Waals surface area (Å²) in [4.78, 5) is 16.2. The Morgan fingerprint density at radius 3 is 2.80 bits per heavy atom. The van der Waals surface area contributed by atoms with Gasteiger partial charge in [0, 0.05) is 11.6 Å². The average molecular weight is 273 g/mol. The van der Waals surface area contributed by atoms with Crippen LogP contribution in [0.4, 0.5) is 0 Å². The molecular formula is C16H19NO3. The molecule has 20 heavy (non-hydrogen) atoms. The maximum atomic E-state index is 11.9. The van der Waals surface area contributed by atoms with E-state index in [-0.39, 0.29) is 5.97 Å². The Hall–Kier alpha value is -2.10. The number of carbonyl (C=O) groups is 1. The van der Waals surface area contributed by atoms with E-state index < -0.39 is 6.10 Å². The highest BCUT2D eigenvalue weighted by molar-refractivity contribution is 5.85. The Morgan fingerprint density at radius 1 is 1.25 bits per heavy atom. The van der Waals surface area contributed by atoms with Crippen LogP contribution in [0.25, 0.3) is 10.9 Å². The Morgan fingerprint density at radius 2 is 2.05 bits per heavy atom. The number of benzene rings is 1. The molecule has 4 nitrogen and oxygen atoms in total. The molecule has 1 heterocycles. The minimum atomic E-state index is -0.576. The zero-order chi connectivity index (χ0) is 14.4. The monoisotopic (exact) mass is 273 g/mol. The Balaban J connectivity index is 2.26. The lowest BCUT2D eigenvalue weighted by Crippen LogP contribution is -2.29. The summed E-state index contributed by atoms with van der Waals surface area (Å²) in [7, 11) is 0. The second-order valence-corrected chi connectivity index (χ2v) is 4.48. The van der Waals surface area contributed by atoms with Gasteiger partial charge in [0.2, 0.25) is 0 Å². The summed E-state index contributed by atoms with van der Waals surface area (Å²) in [6, 6.07) is 9.54. The summed E-state index contributed by atoms with van der Waals surface area (Å²) in [5.74, 6) is 0.303. The molecule has 0 saturated heterocycles. The molecule has 0 N–H and O–H groups in total. The van der Waals surface area contributed by atoms with Crippen molar-refractivity contribution < 1.29 is 14.3 Å². The lowest BCUT2D eigenvalue weighted by atomic mass is 10.2. The molecule has 0 radical (unpaired) electrons. The maximum Gasteiger partial charge on any atom is 0.347 e. The topological polar surface area (TPSA) is 48.4 Å². The molecule has 2 aromatic rings. The van der Waals surface area contributed by atoms with Crippen molar-refractivity contribution in [3.63, 3.8) is 0 Å². The molecule has 1 aromatic heterocycles. The number of pyridine rings is 1. The molecule has 1 aromatic carbocycles. The van der Waals surface area contributed by atoms with Gasteiger partial charge in [-0.3, -0.25) is 4.98 Å². The highest BCUT2D eigenvalue weighted by Crippen LogP contribution is 2.25. The summed E-state index contributed by atoms with van der Waals surface area (Å²) in [6.07, 6.45) is 2.62. The third-order valence-electron chi connectivity index (χ3n) is 2.97. The Bertz CT molecular complexity index is 577. The summed E-state index contributed by atoms with van der Waals surface area (Å²) in [5.41, 5.74) is 0.764. The van der Waals surface area contributed by atoms with E-state index in [9.17, 15) is 4.79 Å². The van der Waals surface area contributed by atoms with Crippen molar-refractivity contribution in [2.75, 3.05) is 6.61 Å². The zero-order valence-corrected chi connectivity index (χ0v) is 11.8. The number of aromatic nitrogens is 1. The van der Waals surface area contributed by atoms with Crippen LogP contribution in [0, 0.1) is 0 Å². The first-order chi connectivity index (χ1) is 9.76. The van der Waals surface area contributed by atoms with E-state index in [0.717, 1.165) is 17.3 Å². The lowest BCUT2D eigenvalue weighted by molar-refractivity contribution is -0.151. The zero-order valence-electron chi connectivity index (χ0n) is 11.8. The summed E-state index contributed by atoms with van der Waals surface area (Å²) < 4.78 is 10.9. The molecule has 2 rings (SSSR count). The van der Waals surface area contributed by atoms with Crippen LogP contribution >= 0.6 is 0 Å². The molecule has 1 atom stereocenters. The third kappa shape index (κ3) is 3.26. The predicted molar refractivity (Wildman–Crippen MR) is 77.7 cm³/mol. The van der Waals surface area contributed by atoms with Crippen LogP contribution in [0.1, 0.15) is 26.7 Å². The highest BCUT2D eigenvalue weighted by Gasteiger charge is 2.21. The van der Waals surface area contributed by atoms with Gasteiger partial charge in [-0.15, -0.1) is 0 Å². The van der Waals surface area contributed by atoms with Crippen molar-refractivity contribution >= 4 is 16.9 Å².